The number of piperidine rings is 1. The van der Waals surface area contributed by atoms with Crippen LogP contribution >= 0.6 is 0 Å². The van der Waals surface area contributed by atoms with Crippen molar-refractivity contribution in [3.8, 4) is 0 Å². The van der Waals surface area contributed by atoms with Gasteiger partial charge >= 0.3 is 0 Å². The fraction of sp³-hybridized carbons (Fsp3) is 0.938. The lowest BCUT2D eigenvalue weighted by atomic mass is 9.90. The molecule has 0 spiro atoms. The van der Waals surface area contributed by atoms with E-state index in [0.29, 0.717) is 19.2 Å². The van der Waals surface area contributed by atoms with Gasteiger partial charge in [-0.2, -0.15) is 0 Å². The van der Waals surface area contributed by atoms with Gasteiger partial charge in [0.05, 0.1) is 19.3 Å². The van der Waals surface area contributed by atoms with Gasteiger partial charge < -0.3 is 15.0 Å². The first kappa shape index (κ1) is 15.3. The molecule has 5 nitrogen and oxygen atoms in total. The number of hydrogen-bond donors (Lipinski definition) is 1. The van der Waals surface area contributed by atoms with Gasteiger partial charge in [-0.1, -0.05) is 0 Å². The first-order chi connectivity index (χ1) is 10.2. The van der Waals surface area contributed by atoms with Crippen LogP contribution in [0, 0.1) is 5.92 Å². The average Bonchev–Trinajstić information content (AvgIpc) is 3.02. The summed E-state index contributed by atoms with van der Waals surface area (Å²) in [4.78, 5) is 16.8. The molecule has 3 aliphatic rings. The molecule has 3 rings (SSSR count). The van der Waals surface area contributed by atoms with E-state index in [2.05, 4.69) is 10.2 Å². The predicted molar refractivity (Wildman–Crippen MR) is 82.2 cm³/mol. The Balaban J connectivity index is 1.48. The molecule has 0 aliphatic carbocycles. The van der Waals surface area contributed by atoms with E-state index in [1.807, 2.05) is 11.8 Å². The minimum atomic E-state index is 0.180. The molecule has 120 valence electrons. The highest BCUT2D eigenvalue weighted by molar-refractivity contribution is 5.78. The van der Waals surface area contributed by atoms with Crippen LogP contribution in [-0.4, -0.2) is 73.7 Å². The fourth-order valence-corrected chi connectivity index (χ4v) is 4.01. The van der Waals surface area contributed by atoms with Crippen LogP contribution in [0.4, 0.5) is 0 Å². The highest BCUT2D eigenvalue weighted by Gasteiger charge is 2.30. The molecule has 0 bridgehead atoms. The summed E-state index contributed by atoms with van der Waals surface area (Å²) in [5.41, 5.74) is 0. The monoisotopic (exact) mass is 295 g/mol. The third-order valence-corrected chi connectivity index (χ3v) is 5.16. The van der Waals surface area contributed by atoms with Crippen LogP contribution in [-0.2, 0) is 9.53 Å². The zero-order valence-corrected chi connectivity index (χ0v) is 13.2. The molecule has 0 aromatic rings. The molecule has 0 aromatic carbocycles. The molecule has 3 heterocycles. The topological polar surface area (TPSA) is 44.8 Å². The van der Waals surface area contributed by atoms with Crippen molar-refractivity contribution in [2.75, 3.05) is 45.9 Å². The van der Waals surface area contributed by atoms with Gasteiger partial charge in [0.15, 0.2) is 0 Å². The highest BCUT2D eigenvalue weighted by atomic mass is 16.5. The molecule has 21 heavy (non-hydrogen) atoms. The summed E-state index contributed by atoms with van der Waals surface area (Å²) in [6.45, 7) is 8.16. The molecular weight excluding hydrogens is 266 g/mol. The summed E-state index contributed by atoms with van der Waals surface area (Å²) < 4.78 is 5.52. The molecule has 0 aromatic heterocycles. The molecule has 5 heteroatoms. The second kappa shape index (κ2) is 7.07. The Bertz CT molecular complexity index is 357. The lowest BCUT2D eigenvalue weighted by molar-refractivity contribution is -0.139. The summed E-state index contributed by atoms with van der Waals surface area (Å²) in [6.07, 6.45) is 5.35. The van der Waals surface area contributed by atoms with Crippen molar-refractivity contribution in [2.24, 2.45) is 5.92 Å². The van der Waals surface area contributed by atoms with Crippen LogP contribution in [0.3, 0.4) is 0 Å². The van der Waals surface area contributed by atoms with Gasteiger partial charge in [0.25, 0.3) is 0 Å². The Hall–Kier alpha value is -0.650. The third-order valence-electron chi connectivity index (χ3n) is 5.16. The van der Waals surface area contributed by atoms with Crippen LogP contribution < -0.4 is 5.32 Å². The van der Waals surface area contributed by atoms with E-state index in [1.165, 1.54) is 32.2 Å². The molecule has 3 saturated heterocycles. The summed E-state index contributed by atoms with van der Waals surface area (Å²) in [6, 6.07) is 0.686. The van der Waals surface area contributed by atoms with Crippen molar-refractivity contribution in [3.05, 3.63) is 0 Å². The minimum absolute atomic E-state index is 0.180. The molecule has 1 N–H and O–H groups in total. The van der Waals surface area contributed by atoms with E-state index in [0.717, 1.165) is 32.1 Å². The van der Waals surface area contributed by atoms with Gasteiger partial charge in [-0.3, -0.25) is 9.69 Å². The number of carbonyl (C=O) groups is 1. The maximum absolute atomic E-state index is 12.5. The van der Waals surface area contributed by atoms with Crippen LogP contribution in [0.15, 0.2) is 0 Å². The molecule has 0 radical (unpaired) electrons. The smallest absolute Gasteiger partial charge is 0.236 e. The molecule has 3 fully saturated rings. The summed E-state index contributed by atoms with van der Waals surface area (Å²) in [7, 11) is 0. The van der Waals surface area contributed by atoms with Gasteiger partial charge in [-0.15, -0.1) is 0 Å². The number of nitrogens with zero attached hydrogens (tertiary/aromatic N) is 2. The van der Waals surface area contributed by atoms with Crippen LogP contribution in [0.2, 0.25) is 0 Å². The predicted octanol–water partition coefficient (Wildman–Crippen LogP) is 0.698. The van der Waals surface area contributed by atoms with Gasteiger partial charge in [-0.25, -0.2) is 0 Å². The van der Waals surface area contributed by atoms with E-state index in [-0.39, 0.29) is 12.0 Å². The number of nitrogens with one attached hydrogen (secondary N) is 1. The van der Waals surface area contributed by atoms with Gasteiger partial charge in [0.1, 0.15) is 0 Å². The lowest BCUT2D eigenvalue weighted by Crippen LogP contribution is -2.51. The third kappa shape index (κ3) is 3.96. The van der Waals surface area contributed by atoms with Crippen molar-refractivity contribution in [1.82, 2.24) is 15.1 Å². The van der Waals surface area contributed by atoms with Crippen molar-refractivity contribution in [1.29, 1.82) is 0 Å². The number of amides is 1. The number of rotatable bonds is 3. The highest BCUT2D eigenvalue weighted by Crippen LogP contribution is 2.24. The fourth-order valence-electron chi connectivity index (χ4n) is 4.01. The summed E-state index contributed by atoms with van der Waals surface area (Å²) in [5, 5.41) is 3.63. The second-order valence-corrected chi connectivity index (χ2v) is 6.86. The Labute approximate surface area is 128 Å². The minimum Gasteiger partial charge on any atom is -0.375 e. The van der Waals surface area contributed by atoms with E-state index in [4.69, 9.17) is 4.74 Å². The van der Waals surface area contributed by atoms with Gasteiger partial charge in [-0.05, 0) is 51.6 Å². The molecule has 3 aliphatic heterocycles. The second-order valence-electron chi connectivity index (χ2n) is 6.86. The van der Waals surface area contributed by atoms with Crippen molar-refractivity contribution in [2.45, 2.75) is 44.8 Å². The van der Waals surface area contributed by atoms with Gasteiger partial charge in [0.2, 0.25) is 5.91 Å². The molecular formula is C16H29N3O2. The van der Waals surface area contributed by atoms with Crippen molar-refractivity contribution < 1.29 is 9.53 Å². The zero-order valence-electron chi connectivity index (χ0n) is 13.2. The number of likely N-dealkylation sites (tertiary alicyclic amines) is 1. The number of morpholine rings is 1. The van der Waals surface area contributed by atoms with E-state index in [1.54, 1.807) is 0 Å². The standard InChI is InChI=1S/C16H29N3O2/c1-13-10-19(8-9-21-13)16(20)12-18-7-3-4-14(11-18)15-5-2-6-17-15/h13-15,17H,2-12H2,1H3. The Morgan fingerprint density at radius 3 is 2.90 bits per heavy atom. The zero-order chi connectivity index (χ0) is 14.7. The number of ether oxygens (including phenoxy) is 1. The SMILES string of the molecule is CC1CN(C(=O)CN2CCCC(C3CCCN3)C2)CCO1. The van der Waals surface area contributed by atoms with Gasteiger partial charge in [0, 0.05) is 25.7 Å². The quantitative estimate of drug-likeness (QED) is 0.832. The van der Waals surface area contributed by atoms with E-state index < -0.39 is 0 Å². The normalized spacial score (nSPS) is 35.1. The molecule has 3 unspecified atom stereocenters. The Kier molecular flexibility index (Phi) is 5.14. The maximum Gasteiger partial charge on any atom is 0.236 e. The summed E-state index contributed by atoms with van der Waals surface area (Å²) in [5.74, 6) is 1.02. The molecule has 0 saturated carbocycles. The Morgan fingerprint density at radius 1 is 1.24 bits per heavy atom. The lowest BCUT2D eigenvalue weighted by Gasteiger charge is -2.37. The number of hydrogen-bond acceptors (Lipinski definition) is 4. The summed E-state index contributed by atoms with van der Waals surface area (Å²) >= 11 is 0. The van der Waals surface area contributed by atoms with Crippen LogP contribution in [0.1, 0.15) is 32.6 Å². The van der Waals surface area contributed by atoms with Crippen molar-refractivity contribution in [3.63, 3.8) is 0 Å². The van der Waals surface area contributed by atoms with E-state index in [9.17, 15) is 4.79 Å². The first-order valence-corrected chi connectivity index (χ1v) is 8.57. The van der Waals surface area contributed by atoms with Crippen molar-refractivity contribution >= 4 is 5.91 Å². The van der Waals surface area contributed by atoms with E-state index >= 15 is 0 Å². The number of carbonyl (C=O) groups excluding carboxylic acids is 1. The largest absolute Gasteiger partial charge is 0.375 e. The van der Waals surface area contributed by atoms with Crippen LogP contribution in [0.25, 0.3) is 0 Å². The molecule has 3 atom stereocenters. The van der Waals surface area contributed by atoms with Crippen LogP contribution in [0.5, 0.6) is 0 Å². The Morgan fingerprint density at radius 2 is 2.14 bits per heavy atom. The maximum atomic E-state index is 12.5. The average molecular weight is 295 g/mol. The molecule has 1 amide bonds. The first-order valence-electron chi connectivity index (χ1n) is 8.57.